The first-order valence-corrected chi connectivity index (χ1v) is 16.7. The van der Waals surface area contributed by atoms with Crippen molar-refractivity contribution >= 4 is 35.6 Å². The van der Waals surface area contributed by atoms with Gasteiger partial charge in [-0.25, -0.2) is 14.6 Å². The zero-order chi connectivity index (χ0) is 31.6. The maximum absolute atomic E-state index is 12.2. The molecule has 230 valence electrons. The predicted octanol–water partition coefficient (Wildman–Crippen LogP) is 8.52. The lowest BCUT2D eigenvalue weighted by molar-refractivity contribution is 0.0592. The lowest BCUT2D eigenvalue weighted by atomic mass is 9.99. The average molecular weight is 638 g/mol. The summed E-state index contributed by atoms with van der Waals surface area (Å²) in [5, 5.41) is 5.69. The summed E-state index contributed by atoms with van der Waals surface area (Å²) >= 11 is 3.27. The summed E-state index contributed by atoms with van der Waals surface area (Å²) in [6, 6.07) is 31.4. The van der Waals surface area contributed by atoms with Crippen molar-refractivity contribution in [3.63, 3.8) is 0 Å². The second-order valence-electron chi connectivity index (χ2n) is 10.3. The van der Waals surface area contributed by atoms with E-state index in [-0.39, 0.29) is 11.9 Å². The van der Waals surface area contributed by atoms with Crippen LogP contribution in [0.4, 0.5) is 0 Å². The second kappa shape index (κ2) is 15.6. The van der Waals surface area contributed by atoms with Crippen LogP contribution in [-0.4, -0.2) is 40.3 Å². The van der Waals surface area contributed by atoms with Crippen molar-refractivity contribution in [1.29, 1.82) is 0 Å². The fourth-order valence-corrected chi connectivity index (χ4v) is 6.72. The van der Waals surface area contributed by atoms with E-state index in [9.17, 15) is 9.59 Å². The molecule has 45 heavy (non-hydrogen) atoms. The number of benzene rings is 4. The predicted molar refractivity (Wildman–Crippen MR) is 181 cm³/mol. The number of thioether (sulfide) groups is 1. The number of carbonyl (C=O) groups is 2. The van der Waals surface area contributed by atoms with Crippen LogP contribution in [0, 0.1) is 0 Å². The number of ether oxygens (including phenoxy) is 2. The van der Waals surface area contributed by atoms with E-state index in [2.05, 4.69) is 31.2 Å². The van der Waals surface area contributed by atoms with Crippen LogP contribution >= 0.6 is 23.7 Å². The van der Waals surface area contributed by atoms with Crippen LogP contribution in [0.15, 0.2) is 102 Å². The number of nitrogens with zero attached hydrogens (tertiary/aromatic N) is 3. The molecule has 1 heterocycles. The van der Waals surface area contributed by atoms with Crippen molar-refractivity contribution < 1.29 is 19.1 Å². The molecule has 0 radical (unpaired) electrons. The van der Waals surface area contributed by atoms with Crippen molar-refractivity contribution in [3.05, 3.63) is 125 Å². The number of hydrogen-bond acceptors (Lipinski definition) is 8. The molecule has 0 bridgehead atoms. The topological polar surface area (TPSA) is 83.3 Å². The van der Waals surface area contributed by atoms with Crippen LogP contribution < -0.4 is 0 Å². The highest BCUT2D eigenvalue weighted by atomic mass is 32.2. The summed E-state index contributed by atoms with van der Waals surface area (Å²) in [6.07, 6.45) is 2.98. The van der Waals surface area contributed by atoms with Gasteiger partial charge in [0.05, 0.1) is 25.3 Å². The molecule has 0 spiro atoms. The van der Waals surface area contributed by atoms with Gasteiger partial charge in [0.2, 0.25) is 0 Å². The highest BCUT2D eigenvalue weighted by molar-refractivity contribution is 8.00. The van der Waals surface area contributed by atoms with Crippen LogP contribution in [0.25, 0.3) is 22.3 Å². The normalized spacial score (nSPS) is 10.9. The van der Waals surface area contributed by atoms with Crippen molar-refractivity contribution in [3.8, 4) is 22.3 Å². The van der Waals surface area contributed by atoms with E-state index in [0.29, 0.717) is 11.1 Å². The number of carbonyl (C=O) groups excluding carboxylic acids is 2. The Kier molecular flexibility index (Phi) is 11.1. The van der Waals surface area contributed by atoms with E-state index in [0.717, 1.165) is 75.1 Å². The Labute approximate surface area is 272 Å². The Bertz CT molecular complexity index is 1630. The highest BCUT2D eigenvalue weighted by Gasteiger charge is 2.15. The summed E-state index contributed by atoms with van der Waals surface area (Å²) in [5.41, 5.74) is 7.01. The minimum atomic E-state index is -0.347. The van der Waals surface area contributed by atoms with E-state index < -0.39 is 0 Å². The zero-order valence-corrected chi connectivity index (χ0v) is 27.2. The van der Waals surface area contributed by atoms with Gasteiger partial charge in [0.15, 0.2) is 11.0 Å². The van der Waals surface area contributed by atoms with Gasteiger partial charge in [-0.2, -0.15) is 4.09 Å². The van der Waals surface area contributed by atoms with Crippen molar-refractivity contribution in [2.75, 3.05) is 14.2 Å². The molecule has 0 atom stereocenters. The molecule has 0 aliphatic heterocycles. The van der Waals surface area contributed by atoms with Crippen molar-refractivity contribution in [2.45, 2.75) is 42.8 Å². The van der Waals surface area contributed by atoms with Crippen LogP contribution in [0.2, 0.25) is 0 Å². The van der Waals surface area contributed by atoms with Crippen molar-refractivity contribution in [2.24, 2.45) is 0 Å². The van der Waals surface area contributed by atoms with Crippen LogP contribution in [0.3, 0.4) is 0 Å². The summed E-state index contributed by atoms with van der Waals surface area (Å²) in [6.45, 7) is 2.17. The largest absolute Gasteiger partial charge is 0.465 e. The molecule has 0 aliphatic rings. The molecule has 0 unspecified atom stereocenters. The zero-order valence-electron chi connectivity index (χ0n) is 25.6. The molecule has 0 fully saturated rings. The summed E-state index contributed by atoms with van der Waals surface area (Å²) in [5.74, 6) is 1.62. The molecule has 0 aliphatic carbocycles. The smallest absolute Gasteiger partial charge is 0.338 e. The van der Waals surface area contributed by atoms with Gasteiger partial charge in [0.1, 0.15) is 0 Å². The Balaban J connectivity index is 1.27. The number of rotatable bonds is 13. The van der Waals surface area contributed by atoms with Crippen molar-refractivity contribution in [1.82, 2.24) is 14.2 Å². The van der Waals surface area contributed by atoms with E-state index in [1.165, 1.54) is 14.2 Å². The van der Waals surface area contributed by atoms with Gasteiger partial charge < -0.3 is 9.47 Å². The fourth-order valence-electron chi connectivity index (χ4n) is 4.83. The Morgan fingerprint density at radius 2 is 1.22 bits per heavy atom. The fraction of sp³-hybridized carbons (Fsp3) is 0.222. The summed E-state index contributed by atoms with van der Waals surface area (Å²) < 4.78 is 11.9. The molecular formula is C36H35N3O4S2. The Hall–Kier alpha value is -4.34. The highest BCUT2D eigenvalue weighted by Crippen LogP contribution is 2.30. The van der Waals surface area contributed by atoms with Crippen LogP contribution in [0.5, 0.6) is 0 Å². The van der Waals surface area contributed by atoms with E-state index in [4.69, 9.17) is 19.6 Å². The van der Waals surface area contributed by atoms with E-state index in [1.807, 2.05) is 64.8 Å². The molecule has 7 nitrogen and oxygen atoms in total. The summed E-state index contributed by atoms with van der Waals surface area (Å²) in [7, 11) is 2.79. The van der Waals surface area contributed by atoms with Gasteiger partial charge >= 0.3 is 11.9 Å². The first kappa shape index (κ1) is 32.1. The number of esters is 2. The third kappa shape index (κ3) is 8.04. The third-order valence-corrected chi connectivity index (χ3v) is 9.34. The standard InChI is InChI=1S/C36H35N3O4S2/c1-4-5-14-33-37-36(44-23-25-15-19-27(20-16-25)29-10-6-8-12-31(29)34(40)42-2)39(38-33)45-24-26-17-21-28(22-18-26)30-11-7-9-13-32(30)35(41)43-3/h6-13,15-22H,4-5,14,23-24H2,1-3H3. The Morgan fingerprint density at radius 1 is 0.711 bits per heavy atom. The molecule has 9 heteroatoms. The van der Waals surface area contributed by atoms with Crippen LogP contribution in [0.1, 0.15) is 57.4 Å². The number of aromatic nitrogens is 3. The number of aryl methyl sites for hydroxylation is 1. The third-order valence-electron chi connectivity index (χ3n) is 7.26. The second-order valence-corrected chi connectivity index (χ2v) is 12.2. The van der Waals surface area contributed by atoms with E-state index in [1.54, 1.807) is 35.8 Å². The number of unbranched alkanes of at least 4 members (excludes halogenated alkanes) is 1. The molecule has 0 saturated heterocycles. The Morgan fingerprint density at radius 3 is 1.73 bits per heavy atom. The van der Waals surface area contributed by atoms with Gasteiger partial charge in [0.25, 0.3) is 0 Å². The van der Waals surface area contributed by atoms with Crippen LogP contribution in [-0.2, 0) is 27.4 Å². The first-order valence-electron chi connectivity index (χ1n) is 14.8. The molecule has 0 N–H and O–H groups in total. The molecule has 0 amide bonds. The average Bonchev–Trinajstić information content (AvgIpc) is 3.50. The van der Waals surface area contributed by atoms with Gasteiger partial charge in [0, 0.05) is 17.9 Å². The summed E-state index contributed by atoms with van der Waals surface area (Å²) in [4.78, 5) is 29.3. The maximum atomic E-state index is 12.2. The molecule has 0 saturated carbocycles. The van der Waals surface area contributed by atoms with Gasteiger partial charge in [-0.15, -0.1) is 5.10 Å². The molecule has 5 rings (SSSR count). The number of hydrogen-bond donors (Lipinski definition) is 0. The van der Waals surface area contributed by atoms with E-state index >= 15 is 0 Å². The lowest BCUT2D eigenvalue weighted by Gasteiger charge is -2.10. The minimum absolute atomic E-state index is 0.346. The SMILES string of the molecule is CCCCc1nc(SCc2ccc(-c3ccccc3C(=O)OC)cc2)n(SCc2ccc(-c3ccccc3C(=O)OC)cc2)n1. The van der Waals surface area contributed by atoms with Gasteiger partial charge in [-0.3, -0.25) is 0 Å². The lowest BCUT2D eigenvalue weighted by Crippen LogP contribution is -2.03. The minimum Gasteiger partial charge on any atom is -0.465 e. The van der Waals surface area contributed by atoms with Gasteiger partial charge in [-0.05, 0) is 63.9 Å². The molecule has 4 aromatic carbocycles. The monoisotopic (exact) mass is 637 g/mol. The quantitative estimate of drug-likeness (QED) is 0.0939. The molecular weight excluding hydrogens is 603 g/mol. The molecule has 1 aromatic heterocycles. The maximum Gasteiger partial charge on any atom is 0.338 e. The first-order chi connectivity index (χ1) is 22.0. The number of methoxy groups -OCH3 is 2. The molecule has 5 aromatic rings. The van der Waals surface area contributed by atoms with Gasteiger partial charge in [-0.1, -0.05) is 110 Å².